The Morgan fingerprint density at radius 3 is 2.43 bits per heavy atom. The summed E-state index contributed by atoms with van der Waals surface area (Å²) in [6.45, 7) is 2.19. The quantitative estimate of drug-likeness (QED) is 0.850. The first-order valence-electron chi connectivity index (χ1n) is 7.49. The van der Waals surface area contributed by atoms with Gasteiger partial charge in [0.25, 0.3) is 0 Å². The zero-order valence-electron chi connectivity index (χ0n) is 11.9. The van der Waals surface area contributed by atoms with E-state index in [0.717, 1.165) is 13.1 Å². The van der Waals surface area contributed by atoms with Crippen molar-refractivity contribution < 1.29 is 0 Å². The molecule has 106 valence electrons. The summed E-state index contributed by atoms with van der Waals surface area (Å²) in [5.74, 6) is 1.30. The number of amidine groups is 1. The number of thioether (sulfide) groups is 1. The summed E-state index contributed by atoms with van der Waals surface area (Å²) in [5, 5.41) is 0.515. The van der Waals surface area contributed by atoms with Crippen molar-refractivity contribution in [3.8, 4) is 0 Å². The van der Waals surface area contributed by atoms with Crippen LogP contribution in [0.15, 0.2) is 70.6 Å². The van der Waals surface area contributed by atoms with E-state index in [4.69, 9.17) is 4.99 Å². The molecule has 0 N–H and O–H groups in total. The van der Waals surface area contributed by atoms with Crippen LogP contribution in [0.3, 0.4) is 0 Å². The van der Waals surface area contributed by atoms with Gasteiger partial charge in [-0.15, -0.1) is 11.8 Å². The van der Waals surface area contributed by atoms with Gasteiger partial charge in [0.15, 0.2) is 0 Å². The minimum absolute atomic E-state index is 0.320. The van der Waals surface area contributed by atoms with Crippen LogP contribution in [-0.2, 0) is 0 Å². The number of hydrogen-bond donors (Lipinski definition) is 0. The smallest absolute Gasteiger partial charge is 0.113 e. The SMILES string of the molecule is c1ccc(SC2CCN3CC(c4ccccc4)N=C23)cc1. The third kappa shape index (κ3) is 2.58. The van der Waals surface area contributed by atoms with E-state index in [-0.39, 0.29) is 0 Å². The molecule has 2 unspecified atom stereocenters. The Morgan fingerprint density at radius 2 is 1.67 bits per heavy atom. The minimum Gasteiger partial charge on any atom is -0.357 e. The lowest BCUT2D eigenvalue weighted by atomic mass is 10.1. The van der Waals surface area contributed by atoms with Crippen molar-refractivity contribution in [2.24, 2.45) is 4.99 Å². The molecule has 0 bridgehead atoms. The molecule has 2 aliphatic heterocycles. The van der Waals surface area contributed by atoms with Gasteiger partial charge in [0.05, 0.1) is 11.3 Å². The summed E-state index contributed by atoms with van der Waals surface area (Å²) in [6.07, 6.45) is 1.21. The van der Waals surface area contributed by atoms with Crippen molar-refractivity contribution in [1.29, 1.82) is 0 Å². The molecule has 0 saturated carbocycles. The van der Waals surface area contributed by atoms with Crippen LogP contribution in [0.2, 0.25) is 0 Å². The molecule has 2 aromatic carbocycles. The maximum atomic E-state index is 5.02. The van der Waals surface area contributed by atoms with Crippen molar-refractivity contribution in [2.45, 2.75) is 22.6 Å². The van der Waals surface area contributed by atoms with E-state index in [9.17, 15) is 0 Å². The van der Waals surface area contributed by atoms with E-state index in [1.54, 1.807) is 0 Å². The molecule has 2 atom stereocenters. The van der Waals surface area contributed by atoms with Crippen LogP contribution in [-0.4, -0.2) is 29.1 Å². The molecule has 1 fully saturated rings. The Balaban J connectivity index is 1.54. The molecule has 2 nitrogen and oxygen atoms in total. The highest BCUT2D eigenvalue weighted by Crippen LogP contribution is 2.37. The van der Waals surface area contributed by atoms with Crippen LogP contribution >= 0.6 is 11.8 Å². The molecule has 0 spiro atoms. The van der Waals surface area contributed by atoms with E-state index in [2.05, 4.69) is 65.6 Å². The number of rotatable bonds is 3. The fourth-order valence-corrected chi connectivity index (χ4v) is 4.29. The standard InChI is InChI=1S/C18H18N2S/c1-3-7-14(8-4-1)16-13-20-12-11-17(18(20)19-16)21-15-9-5-2-6-10-15/h1-10,16-17H,11-13H2. The molecule has 1 saturated heterocycles. The average molecular weight is 294 g/mol. The number of benzene rings is 2. The second kappa shape index (κ2) is 5.57. The van der Waals surface area contributed by atoms with Gasteiger partial charge in [0.2, 0.25) is 0 Å². The predicted octanol–water partition coefficient (Wildman–Crippen LogP) is 4.01. The van der Waals surface area contributed by atoms with Crippen molar-refractivity contribution in [3.63, 3.8) is 0 Å². The van der Waals surface area contributed by atoms with Gasteiger partial charge in [-0.25, -0.2) is 0 Å². The van der Waals surface area contributed by atoms with E-state index in [0.29, 0.717) is 11.3 Å². The summed E-state index contributed by atoms with van der Waals surface area (Å²) in [7, 11) is 0. The third-order valence-corrected chi connectivity index (χ3v) is 5.44. The molecule has 2 aromatic rings. The zero-order valence-corrected chi connectivity index (χ0v) is 12.7. The molecule has 2 heterocycles. The fourth-order valence-electron chi connectivity index (χ4n) is 3.11. The Kier molecular flexibility index (Phi) is 3.44. The number of hydrogen-bond acceptors (Lipinski definition) is 3. The molecule has 0 aromatic heterocycles. The predicted molar refractivity (Wildman–Crippen MR) is 88.9 cm³/mol. The second-order valence-corrected chi connectivity index (χ2v) is 6.84. The summed E-state index contributed by atoms with van der Waals surface area (Å²) < 4.78 is 0. The molecule has 0 aliphatic carbocycles. The first-order chi connectivity index (χ1) is 10.4. The van der Waals surface area contributed by atoms with Crippen LogP contribution in [0.25, 0.3) is 0 Å². The van der Waals surface area contributed by atoms with Gasteiger partial charge in [0.1, 0.15) is 5.84 Å². The Bertz CT molecular complexity index is 639. The number of aliphatic imine (C=N–C) groups is 1. The van der Waals surface area contributed by atoms with Gasteiger partial charge in [0, 0.05) is 18.0 Å². The molecule has 4 rings (SSSR count). The zero-order chi connectivity index (χ0) is 14.1. The Labute approximate surface area is 129 Å². The minimum atomic E-state index is 0.320. The van der Waals surface area contributed by atoms with Gasteiger partial charge in [-0.3, -0.25) is 4.99 Å². The van der Waals surface area contributed by atoms with Gasteiger partial charge in [-0.1, -0.05) is 48.5 Å². The second-order valence-electron chi connectivity index (χ2n) is 5.57. The van der Waals surface area contributed by atoms with Crippen LogP contribution < -0.4 is 0 Å². The highest BCUT2D eigenvalue weighted by molar-refractivity contribution is 8.00. The molecule has 21 heavy (non-hydrogen) atoms. The van der Waals surface area contributed by atoms with Gasteiger partial charge < -0.3 is 4.90 Å². The number of nitrogens with zero attached hydrogens (tertiary/aromatic N) is 2. The largest absolute Gasteiger partial charge is 0.357 e. The third-order valence-electron chi connectivity index (χ3n) is 4.16. The summed E-state index contributed by atoms with van der Waals surface area (Å²) >= 11 is 1.95. The van der Waals surface area contributed by atoms with Gasteiger partial charge in [-0.05, 0) is 24.1 Å². The van der Waals surface area contributed by atoms with E-state index in [1.165, 1.54) is 22.7 Å². The maximum Gasteiger partial charge on any atom is 0.113 e. The fraction of sp³-hybridized carbons (Fsp3) is 0.278. The van der Waals surface area contributed by atoms with Crippen LogP contribution in [0, 0.1) is 0 Å². The van der Waals surface area contributed by atoms with Crippen LogP contribution in [0.1, 0.15) is 18.0 Å². The van der Waals surface area contributed by atoms with E-state index >= 15 is 0 Å². The normalized spacial score (nSPS) is 24.0. The molecule has 0 radical (unpaired) electrons. The van der Waals surface area contributed by atoms with Crippen LogP contribution in [0.4, 0.5) is 0 Å². The summed E-state index contributed by atoms with van der Waals surface area (Å²) in [6, 6.07) is 21.7. The molecule has 0 amide bonds. The molecular weight excluding hydrogens is 276 g/mol. The lowest BCUT2D eigenvalue weighted by Gasteiger charge is -2.14. The molecular formula is C18H18N2S. The van der Waals surface area contributed by atoms with Crippen molar-refractivity contribution in [1.82, 2.24) is 4.90 Å². The molecule has 3 heteroatoms. The van der Waals surface area contributed by atoms with Crippen molar-refractivity contribution in [2.75, 3.05) is 13.1 Å². The monoisotopic (exact) mass is 294 g/mol. The van der Waals surface area contributed by atoms with E-state index < -0.39 is 0 Å². The highest BCUT2D eigenvalue weighted by Gasteiger charge is 2.36. The van der Waals surface area contributed by atoms with Crippen LogP contribution in [0.5, 0.6) is 0 Å². The highest BCUT2D eigenvalue weighted by atomic mass is 32.2. The Hall–Kier alpha value is -1.74. The Morgan fingerprint density at radius 1 is 0.952 bits per heavy atom. The lowest BCUT2D eigenvalue weighted by molar-refractivity contribution is 0.454. The van der Waals surface area contributed by atoms with Gasteiger partial charge in [-0.2, -0.15) is 0 Å². The summed E-state index contributed by atoms with van der Waals surface area (Å²) in [4.78, 5) is 8.83. The first-order valence-corrected chi connectivity index (χ1v) is 8.37. The van der Waals surface area contributed by atoms with Gasteiger partial charge >= 0.3 is 0 Å². The first kappa shape index (κ1) is 13.0. The van der Waals surface area contributed by atoms with Crippen molar-refractivity contribution >= 4 is 17.6 Å². The topological polar surface area (TPSA) is 15.6 Å². The van der Waals surface area contributed by atoms with E-state index in [1.807, 2.05) is 11.8 Å². The molecule has 2 aliphatic rings. The maximum absolute atomic E-state index is 5.02. The summed E-state index contributed by atoms with van der Waals surface area (Å²) in [5.41, 5.74) is 1.34. The average Bonchev–Trinajstić information content (AvgIpc) is 3.11. The van der Waals surface area contributed by atoms with Crippen molar-refractivity contribution in [3.05, 3.63) is 66.2 Å². The lowest BCUT2D eigenvalue weighted by Crippen LogP contribution is -2.24. The number of fused-ring (bicyclic) bond motifs is 1.